The Bertz CT molecular complexity index is 492. The number of benzene rings is 1. The number of rotatable bonds is 7. The van der Waals surface area contributed by atoms with E-state index in [0.29, 0.717) is 12.5 Å². The highest BCUT2D eigenvalue weighted by molar-refractivity contribution is 5.94. The maximum atomic E-state index is 12.7. The van der Waals surface area contributed by atoms with Crippen LogP contribution in [0, 0.1) is 6.92 Å². The molecule has 0 N–H and O–H groups in total. The van der Waals surface area contributed by atoms with Gasteiger partial charge in [-0.2, -0.15) is 0 Å². The Morgan fingerprint density at radius 2 is 1.96 bits per heavy atom. The molecule has 1 aliphatic rings. The Labute approximate surface area is 141 Å². The van der Waals surface area contributed by atoms with Gasteiger partial charge in [0.2, 0.25) is 5.91 Å². The molecule has 1 amide bonds. The SMILES string of the molecule is CCCCN1CCC(N(C(=O)CCC)c2cccc(C)c2)CC1. The summed E-state index contributed by atoms with van der Waals surface area (Å²) in [7, 11) is 0. The molecule has 1 saturated heterocycles. The Kier molecular flexibility index (Phi) is 7.10. The van der Waals surface area contributed by atoms with Gasteiger partial charge in [-0.15, -0.1) is 0 Å². The second-order valence-electron chi connectivity index (χ2n) is 6.78. The summed E-state index contributed by atoms with van der Waals surface area (Å²) in [5, 5.41) is 0. The number of likely N-dealkylation sites (tertiary alicyclic amines) is 1. The lowest BCUT2D eigenvalue weighted by molar-refractivity contribution is -0.119. The third-order valence-electron chi connectivity index (χ3n) is 4.76. The van der Waals surface area contributed by atoms with Crippen LogP contribution in [0.25, 0.3) is 0 Å². The lowest BCUT2D eigenvalue weighted by Gasteiger charge is -2.39. The highest BCUT2D eigenvalue weighted by atomic mass is 16.2. The molecule has 0 spiro atoms. The van der Waals surface area contributed by atoms with Crippen LogP contribution >= 0.6 is 0 Å². The van der Waals surface area contributed by atoms with Gasteiger partial charge in [-0.3, -0.25) is 4.79 Å². The predicted molar refractivity (Wildman–Crippen MR) is 97.9 cm³/mol. The largest absolute Gasteiger partial charge is 0.309 e. The highest BCUT2D eigenvalue weighted by Crippen LogP contribution is 2.26. The smallest absolute Gasteiger partial charge is 0.227 e. The molecule has 0 bridgehead atoms. The van der Waals surface area contributed by atoms with E-state index in [0.717, 1.165) is 38.0 Å². The summed E-state index contributed by atoms with van der Waals surface area (Å²) >= 11 is 0. The van der Waals surface area contributed by atoms with Crippen molar-refractivity contribution < 1.29 is 4.79 Å². The number of aryl methyl sites for hydroxylation is 1. The van der Waals surface area contributed by atoms with Gasteiger partial charge < -0.3 is 9.80 Å². The van der Waals surface area contributed by atoms with Crippen molar-refractivity contribution in [3.63, 3.8) is 0 Å². The van der Waals surface area contributed by atoms with Gasteiger partial charge in [-0.05, 0) is 56.8 Å². The minimum atomic E-state index is 0.283. The van der Waals surface area contributed by atoms with E-state index in [9.17, 15) is 4.79 Å². The molecule has 0 unspecified atom stereocenters. The number of hydrogen-bond donors (Lipinski definition) is 0. The number of unbranched alkanes of at least 4 members (excludes halogenated alkanes) is 1. The molecule has 1 aliphatic heterocycles. The molecule has 0 aliphatic carbocycles. The van der Waals surface area contributed by atoms with E-state index < -0.39 is 0 Å². The molecular formula is C20H32N2O. The van der Waals surface area contributed by atoms with Crippen LogP contribution in [0.1, 0.15) is 57.9 Å². The van der Waals surface area contributed by atoms with Crippen molar-refractivity contribution in [3.8, 4) is 0 Å². The summed E-state index contributed by atoms with van der Waals surface area (Å²) < 4.78 is 0. The summed E-state index contributed by atoms with van der Waals surface area (Å²) in [5.41, 5.74) is 2.30. The second kappa shape index (κ2) is 9.07. The molecule has 2 rings (SSSR count). The molecule has 0 radical (unpaired) electrons. The van der Waals surface area contributed by atoms with Gasteiger partial charge in [0.1, 0.15) is 0 Å². The van der Waals surface area contributed by atoms with E-state index in [1.165, 1.54) is 24.9 Å². The minimum Gasteiger partial charge on any atom is -0.309 e. The molecule has 0 atom stereocenters. The third kappa shape index (κ3) is 5.07. The van der Waals surface area contributed by atoms with Crippen LogP contribution in [0.4, 0.5) is 5.69 Å². The topological polar surface area (TPSA) is 23.6 Å². The molecule has 128 valence electrons. The summed E-state index contributed by atoms with van der Waals surface area (Å²) in [6.07, 6.45) is 6.27. The maximum absolute atomic E-state index is 12.7. The van der Waals surface area contributed by atoms with Gasteiger partial charge in [-0.25, -0.2) is 0 Å². The fourth-order valence-electron chi connectivity index (χ4n) is 3.45. The van der Waals surface area contributed by atoms with Crippen LogP contribution < -0.4 is 4.90 Å². The summed E-state index contributed by atoms with van der Waals surface area (Å²) in [5.74, 6) is 0.283. The number of carbonyl (C=O) groups is 1. The first-order valence-corrected chi connectivity index (χ1v) is 9.26. The minimum absolute atomic E-state index is 0.283. The van der Waals surface area contributed by atoms with Crippen LogP contribution in [0.3, 0.4) is 0 Å². The molecular weight excluding hydrogens is 284 g/mol. The first kappa shape index (κ1) is 18.0. The highest BCUT2D eigenvalue weighted by Gasteiger charge is 2.28. The average molecular weight is 316 g/mol. The van der Waals surface area contributed by atoms with Crippen molar-refractivity contribution in [2.45, 2.75) is 65.3 Å². The van der Waals surface area contributed by atoms with Crippen LogP contribution in [0.15, 0.2) is 24.3 Å². The van der Waals surface area contributed by atoms with E-state index >= 15 is 0 Å². The number of piperidine rings is 1. The number of carbonyl (C=O) groups excluding carboxylic acids is 1. The molecule has 1 heterocycles. The van der Waals surface area contributed by atoms with Crippen molar-refractivity contribution in [2.24, 2.45) is 0 Å². The Balaban J connectivity index is 2.08. The zero-order valence-corrected chi connectivity index (χ0v) is 15.1. The van der Waals surface area contributed by atoms with Gasteiger partial charge in [0.05, 0.1) is 0 Å². The van der Waals surface area contributed by atoms with Gasteiger partial charge in [-0.1, -0.05) is 32.4 Å². The predicted octanol–water partition coefficient (Wildman–Crippen LogP) is 4.39. The van der Waals surface area contributed by atoms with Crippen LogP contribution in [0.5, 0.6) is 0 Å². The van der Waals surface area contributed by atoms with Crippen molar-refractivity contribution in [3.05, 3.63) is 29.8 Å². The molecule has 1 aromatic carbocycles. The van der Waals surface area contributed by atoms with Crippen molar-refractivity contribution in [2.75, 3.05) is 24.5 Å². The number of amides is 1. The zero-order chi connectivity index (χ0) is 16.7. The van der Waals surface area contributed by atoms with Crippen LogP contribution in [-0.4, -0.2) is 36.5 Å². The van der Waals surface area contributed by atoms with Crippen LogP contribution in [-0.2, 0) is 4.79 Å². The van der Waals surface area contributed by atoms with E-state index in [1.807, 2.05) is 0 Å². The number of anilines is 1. The third-order valence-corrected chi connectivity index (χ3v) is 4.76. The monoisotopic (exact) mass is 316 g/mol. The second-order valence-corrected chi connectivity index (χ2v) is 6.78. The average Bonchev–Trinajstić information content (AvgIpc) is 2.55. The molecule has 1 aromatic rings. The van der Waals surface area contributed by atoms with Gasteiger partial charge in [0.25, 0.3) is 0 Å². The fraction of sp³-hybridized carbons (Fsp3) is 0.650. The Morgan fingerprint density at radius 1 is 1.22 bits per heavy atom. The summed E-state index contributed by atoms with van der Waals surface area (Å²) in [6, 6.07) is 8.75. The van der Waals surface area contributed by atoms with Gasteiger partial charge in [0, 0.05) is 31.2 Å². The molecule has 0 aromatic heterocycles. The standard InChI is InChI=1S/C20H32N2O/c1-4-6-13-21-14-11-18(12-15-21)22(20(23)8-5-2)19-10-7-9-17(3)16-19/h7,9-10,16,18H,4-6,8,11-15H2,1-3H3. The first-order valence-electron chi connectivity index (χ1n) is 9.26. The van der Waals surface area contributed by atoms with E-state index in [1.54, 1.807) is 0 Å². The zero-order valence-electron chi connectivity index (χ0n) is 15.1. The molecule has 3 nitrogen and oxygen atoms in total. The molecule has 23 heavy (non-hydrogen) atoms. The summed E-state index contributed by atoms with van der Waals surface area (Å²) in [4.78, 5) is 17.4. The van der Waals surface area contributed by atoms with E-state index in [-0.39, 0.29) is 5.91 Å². The van der Waals surface area contributed by atoms with Crippen LogP contribution in [0.2, 0.25) is 0 Å². The maximum Gasteiger partial charge on any atom is 0.227 e. The molecule has 3 heteroatoms. The lowest BCUT2D eigenvalue weighted by Crippen LogP contribution is -2.47. The number of hydrogen-bond acceptors (Lipinski definition) is 2. The molecule has 0 saturated carbocycles. The van der Waals surface area contributed by atoms with E-state index in [2.05, 4.69) is 54.8 Å². The van der Waals surface area contributed by atoms with Gasteiger partial charge in [0.15, 0.2) is 0 Å². The summed E-state index contributed by atoms with van der Waals surface area (Å²) in [6.45, 7) is 9.87. The Hall–Kier alpha value is -1.35. The lowest BCUT2D eigenvalue weighted by atomic mass is 10.0. The quantitative estimate of drug-likeness (QED) is 0.744. The van der Waals surface area contributed by atoms with Crippen molar-refractivity contribution >= 4 is 11.6 Å². The number of nitrogens with zero attached hydrogens (tertiary/aromatic N) is 2. The fourth-order valence-corrected chi connectivity index (χ4v) is 3.45. The van der Waals surface area contributed by atoms with Crippen molar-refractivity contribution in [1.82, 2.24) is 4.90 Å². The molecule has 1 fully saturated rings. The van der Waals surface area contributed by atoms with E-state index in [4.69, 9.17) is 0 Å². The van der Waals surface area contributed by atoms with Crippen molar-refractivity contribution in [1.29, 1.82) is 0 Å². The first-order chi connectivity index (χ1) is 11.2. The Morgan fingerprint density at radius 3 is 2.57 bits per heavy atom. The van der Waals surface area contributed by atoms with Gasteiger partial charge >= 0.3 is 0 Å². The normalized spacial score (nSPS) is 16.5.